The molecule has 0 bridgehead atoms. The lowest BCUT2D eigenvalue weighted by Gasteiger charge is -2.31. The summed E-state index contributed by atoms with van der Waals surface area (Å²) in [7, 11) is 0. The quantitative estimate of drug-likeness (QED) is 0.588. The highest BCUT2D eigenvalue weighted by molar-refractivity contribution is 6.09. The Morgan fingerprint density at radius 2 is 1.90 bits per heavy atom. The van der Waals surface area contributed by atoms with Gasteiger partial charge in [-0.05, 0) is 37.8 Å². The molecule has 0 radical (unpaired) electrons. The first-order chi connectivity index (χ1) is 13.5. The molecule has 0 amide bonds. The highest BCUT2D eigenvalue weighted by atomic mass is 16.5. The van der Waals surface area contributed by atoms with Crippen LogP contribution in [-0.2, 0) is 11.8 Å². The fraction of sp³-hybridized carbons (Fsp3) is 0.409. The van der Waals surface area contributed by atoms with Crippen LogP contribution in [0.15, 0.2) is 52.4 Å². The molecule has 0 aliphatic heterocycles. The molecule has 7 nitrogen and oxygen atoms in total. The first-order valence-corrected chi connectivity index (χ1v) is 9.54. The van der Waals surface area contributed by atoms with Gasteiger partial charge in [0.2, 0.25) is 5.89 Å². The van der Waals surface area contributed by atoms with E-state index in [4.69, 9.17) is 16.0 Å². The second-order valence-electron chi connectivity index (χ2n) is 8.31. The molecule has 0 aliphatic rings. The van der Waals surface area contributed by atoms with Gasteiger partial charge in [0.1, 0.15) is 5.82 Å². The zero-order valence-electron chi connectivity index (χ0n) is 17.8. The molecular formula is C22H31N5O2. The number of hydrogen-bond donors (Lipinski definition) is 3. The van der Waals surface area contributed by atoms with Crippen LogP contribution in [0.2, 0.25) is 0 Å². The van der Waals surface area contributed by atoms with E-state index in [9.17, 15) is 5.11 Å². The summed E-state index contributed by atoms with van der Waals surface area (Å²) in [5.74, 6) is 1.43. The number of nitrogens with two attached hydrogens (primary N) is 2. The average Bonchev–Trinajstić information content (AvgIpc) is 3.08. The van der Waals surface area contributed by atoms with Gasteiger partial charge in [-0.3, -0.25) is 0 Å². The fourth-order valence-electron chi connectivity index (χ4n) is 3.00. The third-order valence-corrected chi connectivity index (χ3v) is 5.04. The third kappa shape index (κ3) is 5.32. The molecule has 1 unspecified atom stereocenters. The average molecular weight is 398 g/mol. The molecule has 0 saturated carbocycles. The van der Waals surface area contributed by atoms with Gasteiger partial charge in [-0.15, -0.1) is 0 Å². The number of aromatic nitrogens is 2. The minimum Gasteiger partial charge on any atom is -0.404 e. The SMILES string of the molecule is C=C(N)N=C/C(=C\N)c1ccc(C(C)(c2noc(CC(C)(C)O)n2)C(C)C)cc1. The standard InChI is InChI=1S/C22H31N5O2/c1-14(2)22(6,20-26-19(29-27-20)11-21(4,5)28)18-9-7-16(8-10-18)17(12-23)13-25-15(3)24/h7-10,12-14,28H,3,11,23-24H2,1-2,4-6H3/b17-12+,25-13?. The maximum atomic E-state index is 10.0. The van der Waals surface area contributed by atoms with Gasteiger partial charge in [-0.25, -0.2) is 4.99 Å². The van der Waals surface area contributed by atoms with Gasteiger partial charge >= 0.3 is 0 Å². The Bertz CT molecular complexity index is 904. The summed E-state index contributed by atoms with van der Waals surface area (Å²) in [5.41, 5.74) is 12.5. The molecule has 7 heteroatoms. The minimum atomic E-state index is -0.916. The fourth-order valence-corrected chi connectivity index (χ4v) is 3.00. The Balaban J connectivity index is 2.39. The van der Waals surface area contributed by atoms with Crippen molar-refractivity contribution in [2.75, 3.05) is 0 Å². The number of nitrogens with zero attached hydrogens (tertiary/aromatic N) is 3. The monoisotopic (exact) mass is 397 g/mol. The highest BCUT2D eigenvalue weighted by Crippen LogP contribution is 2.37. The lowest BCUT2D eigenvalue weighted by molar-refractivity contribution is 0.0718. The summed E-state index contributed by atoms with van der Waals surface area (Å²) in [6.45, 7) is 13.3. The van der Waals surface area contributed by atoms with Crippen LogP contribution in [0.25, 0.3) is 5.57 Å². The van der Waals surface area contributed by atoms with Crippen LogP contribution >= 0.6 is 0 Å². The van der Waals surface area contributed by atoms with Crippen molar-refractivity contribution in [2.24, 2.45) is 22.4 Å². The third-order valence-electron chi connectivity index (χ3n) is 5.04. The molecule has 1 aromatic heterocycles. The van der Waals surface area contributed by atoms with Crippen molar-refractivity contribution in [3.05, 3.63) is 65.7 Å². The van der Waals surface area contributed by atoms with Gasteiger partial charge in [-0.1, -0.05) is 49.8 Å². The van der Waals surface area contributed by atoms with Crippen molar-refractivity contribution in [2.45, 2.75) is 52.1 Å². The van der Waals surface area contributed by atoms with Crippen molar-refractivity contribution in [3.8, 4) is 0 Å². The Morgan fingerprint density at radius 3 is 2.38 bits per heavy atom. The van der Waals surface area contributed by atoms with Crippen molar-refractivity contribution < 1.29 is 9.63 Å². The lowest BCUT2D eigenvalue weighted by atomic mass is 9.72. The smallest absolute Gasteiger partial charge is 0.229 e. The first kappa shape index (κ1) is 22.4. The maximum absolute atomic E-state index is 10.0. The van der Waals surface area contributed by atoms with Gasteiger partial charge in [0.05, 0.1) is 17.4 Å². The van der Waals surface area contributed by atoms with E-state index in [1.165, 1.54) is 6.20 Å². The van der Waals surface area contributed by atoms with Crippen LogP contribution in [0.5, 0.6) is 0 Å². The second kappa shape index (κ2) is 8.61. The molecule has 1 heterocycles. The Kier molecular flexibility index (Phi) is 6.64. The first-order valence-electron chi connectivity index (χ1n) is 9.54. The van der Waals surface area contributed by atoms with Crippen molar-refractivity contribution in [1.82, 2.24) is 10.1 Å². The van der Waals surface area contributed by atoms with Gasteiger partial charge < -0.3 is 21.1 Å². The molecule has 0 saturated heterocycles. The van der Waals surface area contributed by atoms with Crippen LogP contribution in [-0.4, -0.2) is 27.1 Å². The molecule has 0 fully saturated rings. The highest BCUT2D eigenvalue weighted by Gasteiger charge is 2.37. The van der Waals surface area contributed by atoms with Gasteiger partial charge in [0.15, 0.2) is 5.82 Å². The molecule has 156 valence electrons. The zero-order valence-corrected chi connectivity index (χ0v) is 17.8. The van der Waals surface area contributed by atoms with E-state index in [2.05, 4.69) is 42.5 Å². The van der Waals surface area contributed by atoms with Crippen molar-refractivity contribution >= 4 is 11.8 Å². The topological polar surface area (TPSA) is 124 Å². The number of rotatable bonds is 8. The lowest BCUT2D eigenvalue weighted by Crippen LogP contribution is -2.31. The van der Waals surface area contributed by atoms with E-state index in [1.807, 2.05) is 24.3 Å². The van der Waals surface area contributed by atoms with E-state index in [1.54, 1.807) is 20.1 Å². The van der Waals surface area contributed by atoms with Crippen LogP contribution in [0.1, 0.15) is 57.5 Å². The molecule has 5 N–H and O–H groups in total. The van der Waals surface area contributed by atoms with E-state index in [0.29, 0.717) is 18.1 Å². The molecule has 29 heavy (non-hydrogen) atoms. The number of aliphatic hydroxyl groups is 1. The Hall–Kier alpha value is -2.93. The van der Waals surface area contributed by atoms with Crippen LogP contribution in [0, 0.1) is 5.92 Å². The molecule has 0 aliphatic carbocycles. The van der Waals surface area contributed by atoms with E-state index in [-0.39, 0.29) is 11.7 Å². The van der Waals surface area contributed by atoms with Crippen LogP contribution in [0.4, 0.5) is 0 Å². The predicted molar refractivity (Wildman–Crippen MR) is 116 cm³/mol. The normalized spacial score (nSPS) is 15.1. The maximum Gasteiger partial charge on any atom is 0.229 e. The summed E-state index contributed by atoms with van der Waals surface area (Å²) in [4.78, 5) is 8.58. The second-order valence-corrected chi connectivity index (χ2v) is 8.31. The molecule has 0 spiro atoms. The van der Waals surface area contributed by atoms with E-state index in [0.717, 1.165) is 16.7 Å². The number of benzene rings is 1. The van der Waals surface area contributed by atoms with Crippen LogP contribution in [0.3, 0.4) is 0 Å². The Morgan fingerprint density at radius 1 is 1.28 bits per heavy atom. The summed E-state index contributed by atoms with van der Waals surface area (Å²) >= 11 is 0. The summed E-state index contributed by atoms with van der Waals surface area (Å²) in [6, 6.07) is 7.99. The molecule has 1 atom stereocenters. The van der Waals surface area contributed by atoms with Crippen molar-refractivity contribution in [1.29, 1.82) is 0 Å². The molecule has 2 aromatic rings. The summed E-state index contributed by atoms with van der Waals surface area (Å²) in [5, 5.41) is 14.2. The van der Waals surface area contributed by atoms with Gasteiger partial charge in [0.25, 0.3) is 0 Å². The molecule has 1 aromatic carbocycles. The van der Waals surface area contributed by atoms with E-state index >= 15 is 0 Å². The summed E-state index contributed by atoms with van der Waals surface area (Å²) < 4.78 is 5.41. The summed E-state index contributed by atoms with van der Waals surface area (Å²) in [6.07, 6.45) is 3.36. The van der Waals surface area contributed by atoms with Gasteiger partial charge in [0, 0.05) is 18.0 Å². The predicted octanol–water partition coefficient (Wildman–Crippen LogP) is 3.15. The van der Waals surface area contributed by atoms with Gasteiger partial charge in [-0.2, -0.15) is 4.98 Å². The van der Waals surface area contributed by atoms with Crippen molar-refractivity contribution in [3.63, 3.8) is 0 Å². The number of aliphatic imine (C=N–C) groups is 1. The number of allylic oxidation sites excluding steroid dienone is 1. The number of hydrogen-bond acceptors (Lipinski definition) is 7. The minimum absolute atomic E-state index is 0.201. The van der Waals surface area contributed by atoms with Crippen LogP contribution < -0.4 is 11.5 Å². The largest absolute Gasteiger partial charge is 0.404 e. The van der Waals surface area contributed by atoms with E-state index < -0.39 is 11.0 Å². The Labute approximate surface area is 172 Å². The molecule has 2 rings (SSSR count). The zero-order chi connectivity index (χ0) is 21.8. The molecular weight excluding hydrogens is 366 g/mol.